The number of rotatable bonds is 4. The predicted molar refractivity (Wildman–Crippen MR) is 73.0 cm³/mol. The minimum absolute atomic E-state index is 0.0139. The second-order valence-electron chi connectivity index (χ2n) is 4.76. The van der Waals surface area contributed by atoms with Gasteiger partial charge in [0.25, 0.3) is 5.91 Å². The number of carbonyl (C=O) groups is 2. The maximum atomic E-state index is 12.0. The van der Waals surface area contributed by atoms with E-state index in [2.05, 4.69) is 5.32 Å². The Hall–Kier alpha value is -1.40. The molecule has 0 spiro atoms. The Balaban J connectivity index is 1.86. The number of aliphatic hydroxyl groups excluding tert-OH is 1. The van der Waals surface area contributed by atoms with Gasteiger partial charge in [-0.2, -0.15) is 0 Å². The SMILES string of the molecule is CC1CCN(C(=O)CNC(=O)c2cccs2)C1CO. The van der Waals surface area contributed by atoms with Crippen LogP contribution in [0.15, 0.2) is 17.5 Å². The summed E-state index contributed by atoms with van der Waals surface area (Å²) in [5.41, 5.74) is 0. The summed E-state index contributed by atoms with van der Waals surface area (Å²) in [5.74, 6) is -0.0496. The molecule has 2 N–H and O–H groups in total. The molecule has 0 saturated carbocycles. The number of thiophene rings is 1. The molecular weight excluding hydrogens is 264 g/mol. The molecular formula is C13H18N2O3S. The van der Waals surface area contributed by atoms with Crippen molar-refractivity contribution in [3.05, 3.63) is 22.4 Å². The lowest BCUT2D eigenvalue weighted by Crippen LogP contribution is -2.45. The van der Waals surface area contributed by atoms with Crippen molar-refractivity contribution in [3.63, 3.8) is 0 Å². The molecule has 2 atom stereocenters. The maximum Gasteiger partial charge on any atom is 0.261 e. The molecule has 0 aromatic carbocycles. The Bertz CT molecular complexity index is 447. The largest absolute Gasteiger partial charge is 0.394 e. The molecule has 1 aromatic heterocycles. The van der Waals surface area contributed by atoms with Crippen LogP contribution >= 0.6 is 11.3 Å². The Kier molecular flexibility index (Phi) is 4.55. The lowest BCUT2D eigenvalue weighted by molar-refractivity contribution is -0.132. The summed E-state index contributed by atoms with van der Waals surface area (Å²) in [6.07, 6.45) is 0.899. The Labute approximate surface area is 116 Å². The van der Waals surface area contributed by atoms with Gasteiger partial charge in [-0.05, 0) is 23.8 Å². The standard InChI is InChI=1S/C13H18N2O3S/c1-9-4-5-15(10(9)8-16)12(17)7-14-13(18)11-3-2-6-19-11/h2-3,6,9-10,16H,4-5,7-8H2,1H3,(H,14,18). The molecule has 1 aromatic rings. The van der Waals surface area contributed by atoms with Crippen molar-refractivity contribution in [3.8, 4) is 0 Å². The van der Waals surface area contributed by atoms with E-state index >= 15 is 0 Å². The third kappa shape index (κ3) is 3.13. The van der Waals surface area contributed by atoms with Gasteiger partial charge in [-0.1, -0.05) is 13.0 Å². The molecule has 19 heavy (non-hydrogen) atoms. The second kappa shape index (κ2) is 6.16. The number of aliphatic hydroxyl groups is 1. The number of hydrogen-bond acceptors (Lipinski definition) is 4. The highest BCUT2D eigenvalue weighted by molar-refractivity contribution is 7.12. The zero-order chi connectivity index (χ0) is 13.8. The van der Waals surface area contributed by atoms with Crippen LogP contribution in [0.3, 0.4) is 0 Å². The van der Waals surface area contributed by atoms with E-state index in [1.54, 1.807) is 17.0 Å². The van der Waals surface area contributed by atoms with Gasteiger partial charge in [0, 0.05) is 6.54 Å². The molecule has 6 heteroatoms. The van der Waals surface area contributed by atoms with Gasteiger partial charge in [0.15, 0.2) is 0 Å². The van der Waals surface area contributed by atoms with E-state index in [1.165, 1.54) is 11.3 Å². The molecule has 2 heterocycles. The quantitative estimate of drug-likeness (QED) is 0.854. The highest BCUT2D eigenvalue weighted by atomic mass is 32.1. The summed E-state index contributed by atoms with van der Waals surface area (Å²) in [5, 5.41) is 13.7. The zero-order valence-corrected chi connectivity index (χ0v) is 11.7. The molecule has 1 fully saturated rings. The first-order valence-electron chi connectivity index (χ1n) is 6.35. The average molecular weight is 282 g/mol. The van der Waals surface area contributed by atoms with Gasteiger partial charge < -0.3 is 15.3 Å². The molecule has 1 aliphatic rings. The highest BCUT2D eigenvalue weighted by Crippen LogP contribution is 2.23. The van der Waals surface area contributed by atoms with Crippen LogP contribution in [-0.2, 0) is 4.79 Å². The summed E-state index contributed by atoms with van der Waals surface area (Å²) in [4.78, 5) is 26.0. The molecule has 0 bridgehead atoms. The third-order valence-corrected chi connectivity index (χ3v) is 4.40. The van der Waals surface area contributed by atoms with E-state index in [9.17, 15) is 14.7 Å². The summed E-state index contributed by atoms with van der Waals surface area (Å²) >= 11 is 1.34. The van der Waals surface area contributed by atoms with E-state index in [0.717, 1.165) is 6.42 Å². The van der Waals surface area contributed by atoms with Crippen molar-refractivity contribution in [2.24, 2.45) is 5.92 Å². The van der Waals surface area contributed by atoms with Crippen LogP contribution in [0.2, 0.25) is 0 Å². The van der Waals surface area contributed by atoms with Gasteiger partial charge in [0.05, 0.1) is 24.1 Å². The summed E-state index contributed by atoms with van der Waals surface area (Å²) in [6, 6.07) is 3.40. The molecule has 1 saturated heterocycles. The maximum absolute atomic E-state index is 12.0. The van der Waals surface area contributed by atoms with Crippen LogP contribution in [0.5, 0.6) is 0 Å². The van der Waals surface area contributed by atoms with Gasteiger partial charge in [0.2, 0.25) is 5.91 Å². The second-order valence-corrected chi connectivity index (χ2v) is 5.71. The van der Waals surface area contributed by atoms with Crippen LogP contribution in [0, 0.1) is 5.92 Å². The monoisotopic (exact) mass is 282 g/mol. The predicted octanol–water partition coefficient (Wildman–Crippen LogP) is 0.707. The summed E-state index contributed by atoms with van der Waals surface area (Å²) in [7, 11) is 0. The fourth-order valence-corrected chi connectivity index (χ4v) is 2.99. The lowest BCUT2D eigenvalue weighted by Gasteiger charge is -2.25. The molecule has 2 amide bonds. The van der Waals surface area contributed by atoms with E-state index in [-0.39, 0.29) is 31.0 Å². The van der Waals surface area contributed by atoms with Gasteiger partial charge >= 0.3 is 0 Å². The number of nitrogens with zero attached hydrogens (tertiary/aromatic N) is 1. The van der Waals surface area contributed by atoms with Gasteiger partial charge in [-0.15, -0.1) is 11.3 Å². The van der Waals surface area contributed by atoms with Crippen LogP contribution in [0.4, 0.5) is 0 Å². The minimum atomic E-state index is -0.226. The van der Waals surface area contributed by atoms with Crippen LogP contribution < -0.4 is 5.32 Å². The first-order chi connectivity index (χ1) is 9.13. The molecule has 2 rings (SSSR count). The van der Waals surface area contributed by atoms with Gasteiger partial charge in [0.1, 0.15) is 0 Å². The zero-order valence-electron chi connectivity index (χ0n) is 10.8. The van der Waals surface area contributed by atoms with Crippen molar-refractivity contribution < 1.29 is 14.7 Å². The molecule has 5 nitrogen and oxygen atoms in total. The van der Waals surface area contributed by atoms with Crippen molar-refractivity contribution in [2.45, 2.75) is 19.4 Å². The van der Waals surface area contributed by atoms with Crippen molar-refractivity contribution in [1.82, 2.24) is 10.2 Å². The van der Waals surface area contributed by atoms with Crippen LogP contribution in [0.25, 0.3) is 0 Å². The van der Waals surface area contributed by atoms with E-state index in [1.807, 2.05) is 12.3 Å². The first kappa shape index (κ1) is 14.0. The number of hydrogen-bond donors (Lipinski definition) is 2. The lowest BCUT2D eigenvalue weighted by atomic mass is 10.0. The van der Waals surface area contributed by atoms with Crippen molar-refractivity contribution >= 4 is 23.2 Å². The van der Waals surface area contributed by atoms with Crippen LogP contribution in [-0.4, -0.2) is 47.6 Å². The van der Waals surface area contributed by atoms with Gasteiger partial charge in [-0.25, -0.2) is 0 Å². The number of amides is 2. The van der Waals surface area contributed by atoms with E-state index in [0.29, 0.717) is 17.3 Å². The summed E-state index contributed by atoms with van der Waals surface area (Å²) < 4.78 is 0. The number of nitrogens with one attached hydrogen (secondary N) is 1. The normalized spacial score (nSPS) is 22.5. The Morgan fingerprint density at radius 3 is 3.00 bits per heavy atom. The fraction of sp³-hybridized carbons (Fsp3) is 0.538. The molecule has 0 radical (unpaired) electrons. The fourth-order valence-electron chi connectivity index (χ4n) is 2.35. The molecule has 2 unspecified atom stereocenters. The van der Waals surface area contributed by atoms with E-state index in [4.69, 9.17) is 0 Å². The van der Waals surface area contributed by atoms with Gasteiger partial charge in [-0.3, -0.25) is 9.59 Å². The number of likely N-dealkylation sites (tertiary alicyclic amines) is 1. The highest BCUT2D eigenvalue weighted by Gasteiger charge is 2.33. The third-order valence-electron chi connectivity index (χ3n) is 3.54. The number of carbonyl (C=O) groups excluding carboxylic acids is 2. The molecule has 0 aliphatic carbocycles. The Morgan fingerprint density at radius 2 is 2.37 bits per heavy atom. The minimum Gasteiger partial charge on any atom is -0.394 e. The van der Waals surface area contributed by atoms with Crippen molar-refractivity contribution in [2.75, 3.05) is 19.7 Å². The average Bonchev–Trinajstić information content (AvgIpc) is 3.04. The first-order valence-corrected chi connectivity index (χ1v) is 7.23. The smallest absolute Gasteiger partial charge is 0.261 e. The van der Waals surface area contributed by atoms with Crippen LogP contribution in [0.1, 0.15) is 23.0 Å². The topological polar surface area (TPSA) is 69.6 Å². The van der Waals surface area contributed by atoms with Crippen molar-refractivity contribution in [1.29, 1.82) is 0 Å². The molecule has 1 aliphatic heterocycles. The molecule has 104 valence electrons. The summed E-state index contributed by atoms with van der Waals surface area (Å²) in [6.45, 7) is 2.64. The van der Waals surface area contributed by atoms with E-state index < -0.39 is 0 Å². The Morgan fingerprint density at radius 1 is 1.58 bits per heavy atom.